The van der Waals surface area contributed by atoms with Crippen molar-refractivity contribution >= 4 is 23.2 Å². The molecule has 1 aromatic rings. The fraction of sp³-hybridized carbons (Fsp3) is 0.333. The maximum absolute atomic E-state index is 9.48. The Hall–Kier alpha value is -0.440. The molecular formula is C9H10Cl2O2. The fourth-order valence-corrected chi connectivity index (χ4v) is 1.61. The third-order valence-electron chi connectivity index (χ3n) is 1.71. The first-order chi connectivity index (χ1) is 6.15. The summed E-state index contributed by atoms with van der Waals surface area (Å²) in [5, 5.41) is 18.8. The van der Waals surface area contributed by atoms with Crippen LogP contribution >= 0.6 is 23.2 Å². The van der Waals surface area contributed by atoms with Gasteiger partial charge in [0.2, 0.25) is 0 Å². The van der Waals surface area contributed by atoms with Crippen LogP contribution in [0.4, 0.5) is 0 Å². The van der Waals surface area contributed by atoms with Gasteiger partial charge in [0.25, 0.3) is 0 Å². The molecule has 0 radical (unpaired) electrons. The van der Waals surface area contributed by atoms with Crippen molar-refractivity contribution in [2.24, 2.45) is 0 Å². The second kappa shape index (κ2) is 4.70. The average Bonchev–Trinajstić information content (AvgIpc) is 2.09. The molecule has 2 N–H and O–H groups in total. The number of hydrogen-bond acceptors (Lipinski definition) is 2. The van der Waals surface area contributed by atoms with E-state index < -0.39 is 0 Å². The number of rotatable bonds is 3. The van der Waals surface area contributed by atoms with Crippen LogP contribution in [0.2, 0.25) is 10.0 Å². The summed E-state index contributed by atoms with van der Waals surface area (Å²) < 4.78 is 0. The predicted molar refractivity (Wildman–Crippen MR) is 53.5 cm³/mol. The largest absolute Gasteiger partial charge is 0.506 e. The van der Waals surface area contributed by atoms with Crippen molar-refractivity contribution in [2.75, 3.05) is 6.61 Å². The van der Waals surface area contributed by atoms with Crippen molar-refractivity contribution in [3.8, 4) is 5.75 Å². The highest BCUT2D eigenvalue weighted by Gasteiger charge is 2.06. The van der Waals surface area contributed by atoms with Gasteiger partial charge in [-0.1, -0.05) is 23.2 Å². The number of hydrogen-bond donors (Lipinski definition) is 2. The SMILES string of the molecule is OCCCc1cc(Cl)cc(Cl)c1O. The standard InChI is InChI=1S/C9H10Cl2O2/c10-7-4-6(2-1-3-12)9(13)8(11)5-7/h4-5,12-13H,1-3H2. The molecule has 72 valence electrons. The smallest absolute Gasteiger partial charge is 0.137 e. The van der Waals surface area contributed by atoms with E-state index in [4.69, 9.17) is 28.3 Å². The van der Waals surface area contributed by atoms with E-state index in [0.717, 1.165) is 0 Å². The van der Waals surface area contributed by atoms with Crippen LogP contribution in [0, 0.1) is 0 Å². The molecule has 1 rings (SSSR count). The van der Waals surface area contributed by atoms with Gasteiger partial charge in [-0.05, 0) is 30.5 Å². The van der Waals surface area contributed by atoms with E-state index in [9.17, 15) is 5.11 Å². The summed E-state index contributed by atoms with van der Waals surface area (Å²) in [6, 6.07) is 3.14. The Morgan fingerprint density at radius 1 is 1.23 bits per heavy atom. The fourth-order valence-electron chi connectivity index (χ4n) is 1.08. The van der Waals surface area contributed by atoms with Gasteiger partial charge < -0.3 is 10.2 Å². The lowest BCUT2D eigenvalue weighted by molar-refractivity contribution is 0.288. The van der Waals surface area contributed by atoms with Crippen molar-refractivity contribution in [3.63, 3.8) is 0 Å². The zero-order valence-electron chi connectivity index (χ0n) is 6.93. The zero-order valence-corrected chi connectivity index (χ0v) is 8.44. The van der Waals surface area contributed by atoms with E-state index >= 15 is 0 Å². The van der Waals surface area contributed by atoms with Gasteiger partial charge in [-0.3, -0.25) is 0 Å². The zero-order chi connectivity index (χ0) is 9.84. The van der Waals surface area contributed by atoms with Crippen molar-refractivity contribution < 1.29 is 10.2 Å². The quantitative estimate of drug-likeness (QED) is 0.823. The highest BCUT2D eigenvalue weighted by Crippen LogP contribution is 2.31. The number of phenolic OH excluding ortho intramolecular Hbond substituents is 1. The highest BCUT2D eigenvalue weighted by molar-refractivity contribution is 6.35. The van der Waals surface area contributed by atoms with E-state index in [1.807, 2.05) is 0 Å². The topological polar surface area (TPSA) is 40.5 Å². The molecule has 0 fully saturated rings. The number of aliphatic hydroxyl groups is 1. The summed E-state index contributed by atoms with van der Waals surface area (Å²) in [7, 11) is 0. The predicted octanol–water partition coefficient (Wildman–Crippen LogP) is 2.62. The number of benzene rings is 1. The monoisotopic (exact) mass is 220 g/mol. The summed E-state index contributed by atoms with van der Waals surface area (Å²) >= 11 is 11.4. The second-order valence-corrected chi connectivity index (χ2v) is 3.57. The lowest BCUT2D eigenvalue weighted by Crippen LogP contribution is -1.90. The molecule has 0 aliphatic rings. The van der Waals surface area contributed by atoms with Gasteiger partial charge in [-0.25, -0.2) is 0 Å². The molecule has 0 saturated heterocycles. The minimum absolute atomic E-state index is 0.0551. The molecular weight excluding hydrogens is 211 g/mol. The molecule has 0 bridgehead atoms. The van der Waals surface area contributed by atoms with Gasteiger partial charge in [0.15, 0.2) is 0 Å². The molecule has 0 spiro atoms. The number of aliphatic hydroxyl groups excluding tert-OH is 1. The third kappa shape index (κ3) is 2.76. The average molecular weight is 221 g/mol. The summed E-state index contributed by atoms with van der Waals surface area (Å²) in [5.41, 5.74) is 0.673. The minimum atomic E-state index is 0.0551. The molecule has 0 aromatic heterocycles. The summed E-state index contributed by atoms with van der Waals surface area (Å²) in [4.78, 5) is 0. The Labute approximate surface area is 86.7 Å². The van der Waals surface area contributed by atoms with Gasteiger partial charge in [-0.15, -0.1) is 0 Å². The normalized spacial score (nSPS) is 10.4. The lowest BCUT2D eigenvalue weighted by Gasteiger charge is -2.05. The maximum Gasteiger partial charge on any atom is 0.137 e. The molecule has 0 atom stereocenters. The van der Waals surface area contributed by atoms with Gasteiger partial charge in [-0.2, -0.15) is 0 Å². The third-order valence-corrected chi connectivity index (χ3v) is 2.22. The Bertz CT molecular complexity index is 300. The van der Waals surface area contributed by atoms with Crippen molar-refractivity contribution in [3.05, 3.63) is 27.7 Å². The van der Waals surface area contributed by atoms with E-state index in [1.54, 1.807) is 6.07 Å². The van der Waals surface area contributed by atoms with Crippen LogP contribution < -0.4 is 0 Å². The Morgan fingerprint density at radius 3 is 2.54 bits per heavy atom. The van der Waals surface area contributed by atoms with Crippen LogP contribution in [0.5, 0.6) is 5.75 Å². The molecule has 1 aromatic carbocycles. The van der Waals surface area contributed by atoms with Crippen molar-refractivity contribution in [2.45, 2.75) is 12.8 Å². The van der Waals surface area contributed by atoms with Crippen LogP contribution in [0.1, 0.15) is 12.0 Å². The summed E-state index contributed by atoms with van der Waals surface area (Å²) in [6.45, 7) is 0.0869. The van der Waals surface area contributed by atoms with Crippen molar-refractivity contribution in [1.82, 2.24) is 0 Å². The van der Waals surface area contributed by atoms with Crippen LogP contribution in [-0.2, 0) is 6.42 Å². The molecule has 4 heteroatoms. The van der Waals surface area contributed by atoms with Crippen molar-refractivity contribution in [1.29, 1.82) is 0 Å². The lowest BCUT2D eigenvalue weighted by atomic mass is 10.1. The Morgan fingerprint density at radius 2 is 1.92 bits per heavy atom. The van der Waals surface area contributed by atoms with E-state index in [2.05, 4.69) is 0 Å². The molecule has 0 heterocycles. The number of halogens is 2. The Kier molecular flexibility index (Phi) is 3.85. The molecule has 0 unspecified atom stereocenters. The number of aromatic hydroxyl groups is 1. The second-order valence-electron chi connectivity index (χ2n) is 2.72. The van der Waals surface area contributed by atoms with E-state index in [0.29, 0.717) is 23.4 Å². The van der Waals surface area contributed by atoms with Gasteiger partial charge in [0.05, 0.1) is 5.02 Å². The maximum atomic E-state index is 9.48. The van der Waals surface area contributed by atoms with Gasteiger partial charge in [0.1, 0.15) is 5.75 Å². The van der Waals surface area contributed by atoms with Crippen LogP contribution in [0.3, 0.4) is 0 Å². The first-order valence-electron chi connectivity index (χ1n) is 3.93. The van der Waals surface area contributed by atoms with E-state index in [-0.39, 0.29) is 17.4 Å². The molecule has 0 aliphatic heterocycles. The van der Waals surface area contributed by atoms with E-state index in [1.165, 1.54) is 6.07 Å². The molecule has 13 heavy (non-hydrogen) atoms. The molecule has 2 nitrogen and oxygen atoms in total. The van der Waals surface area contributed by atoms with Crippen LogP contribution in [0.15, 0.2) is 12.1 Å². The van der Waals surface area contributed by atoms with Gasteiger partial charge in [0, 0.05) is 11.6 Å². The number of phenols is 1. The van der Waals surface area contributed by atoms with Gasteiger partial charge >= 0.3 is 0 Å². The molecule has 0 saturated carbocycles. The highest BCUT2D eigenvalue weighted by atomic mass is 35.5. The molecule has 0 amide bonds. The number of aryl methyl sites for hydroxylation is 1. The van der Waals surface area contributed by atoms with Crippen LogP contribution in [0.25, 0.3) is 0 Å². The summed E-state index contributed by atoms with van der Waals surface area (Å²) in [6.07, 6.45) is 1.16. The Balaban J connectivity index is 2.92. The first kappa shape index (κ1) is 10.6. The summed E-state index contributed by atoms with van der Waals surface area (Å²) in [5.74, 6) is 0.0551. The first-order valence-corrected chi connectivity index (χ1v) is 4.68. The minimum Gasteiger partial charge on any atom is -0.506 e. The van der Waals surface area contributed by atoms with Crippen LogP contribution in [-0.4, -0.2) is 16.8 Å². The molecule has 0 aliphatic carbocycles.